The second-order valence-electron chi connectivity index (χ2n) is 6.47. The first-order valence-electron chi connectivity index (χ1n) is 9.13. The van der Waals surface area contributed by atoms with Crippen LogP contribution in [0.2, 0.25) is 0 Å². The number of hydrogen-bond acceptors (Lipinski definition) is 4. The lowest BCUT2D eigenvalue weighted by Crippen LogP contribution is -2.28. The number of hydrogen-bond donors (Lipinski definition) is 1. The van der Waals surface area contributed by atoms with Crippen molar-refractivity contribution in [1.82, 2.24) is 9.96 Å². The topological polar surface area (TPSA) is 35.9 Å². The summed E-state index contributed by atoms with van der Waals surface area (Å²) in [5, 5.41) is 10.9. The van der Waals surface area contributed by atoms with Gasteiger partial charge in [-0.1, -0.05) is 26.3 Å². The molecule has 1 heterocycles. The van der Waals surface area contributed by atoms with Crippen LogP contribution in [0, 0.1) is 0 Å². The maximum Gasteiger partial charge on any atom is 0.119 e. The highest BCUT2D eigenvalue weighted by atomic mass is 16.5. The van der Waals surface area contributed by atoms with E-state index in [1.165, 1.54) is 48.5 Å². The lowest BCUT2D eigenvalue weighted by Gasteiger charge is -2.24. The van der Waals surface area contributed by atoms with Gasteiger partial charge in [-0.05, 0) is 62.0 Å². The highest BCUT2D eigenvalue weighted by Gasteiger charge is 2.14. The van der Waals surface area contributed by atoms with Crippen molar-refractivity contribution in [3.8, 4) is 5.75 Å². The minimum atomic E-state index is 0.624. The van der Waals surface area contributed by atoms with Crippen LogP contribution < -0.4 is 4.74 Å². The van der Waals surface area contributed by atoms with E-state index >= 15 is 0 Å². The Kier molecular flexibility index (Phi) is 7.86. The molecule has 0 aromatic heterocycles. The molecule has 0 unspecified atom stereocenters. The van der Waals surface area contributed by atoms with Crippen molar-refractivity contribution in [2.45, 2.75) is 52.5 Å². The molecule has 1 aliphatic heterocycles. The largest absolute Gasteiger partial charge is 0.494 e. The van der Waals surface area contributed by atoms with Crippen molar-refractivity contribution in [3.05, 3.63) is 29.3 Å². The number of rotatable bonds is 10. The predicted octanol–water partition coefficient (Wildman–Crippen LogP) is 3.71. The van der Waals surface area contributed by atoms with Gasteiger partial charge in [0, 0.05) is 19.6 Å². The summed E-state index contributed by atoms with van der Waals surface area (Å²) in [6, 6.07) is 6.25. The van der Waals surface area contributed by atoms with Gasteiger partial charge < -0.3 is 14.8 Å². The van der Waals surface area contributed by atoms with E-state index in [-0.39, 0.29) is 0 Å². The molecule has 0 saturated carbocycles. The van der Waals surface area contributed by atoms with Gasteiger partial charge in [-0.15, -0.1) is 0 Å². The van der Waals surface area contributed by atoms with E-state index < -0.39 is 0 Å². The molecule has 1 aromatic rings. The Bertz CT molecular complexity index is 465. The summed E-state index contributed by atoms with van der Waals surface area (Å²) in [4.78, 5) is 2.55. The third kappa shape index (κ3) is 6.13. The predicted molar refractivity (Wildman–Crippen MR) is 94.1 cm³/mol. The molecule has 2 rings (SSSR count). The Balaban J connectivity index is 1.73. The molecule has 0 aliphatic carbocycles. The fourth-order valence-corrected chi connectivity index (χ4v) is 3.12. The Morgan fingerprint density at radius 2 is 1.91 bits per heavy atom. The van der Waals surface area contributed by atoms with Crippen molar-refractivity contribution in [3.63, 3.8) is 0 Å². The summed E-state index contributed by atoms with van der Waals surface area (Å²) < 4.78 is 5.93. The normalized spacial score (nSPS) is 15.0. The fraction of sp³-hybridized carbons (Fsp3) is 0.684. The van der Waals surface area contributed by atoms with Crippen LogP contribution in [0.3, 0.4) is 0 Å². The van der Waals surface area contributed by atoms with Gasteiger partial charge in [-0.25, -0.2) is 0 Å². The van der Waals surface area contributed by atoms with Gasteiger partial charge >= 0.3 is 0 Å². The maximum atomic E-state index is 9.55. The molecule has 0 amide bonds. The van der Waals surface area contributed by atoms with Gasteiger partial charge in [0.1, 0.15) is 5.75 Å². The zero-order valence-corrected chi connectivity index (χ0v) is 14.8. The number of ether oxygens (including phenoxy) is 1. The monoisotopic (exact) mass is 320 g/mol. The summed E-state index contributed by atoms with van der Waals surface area (Å²) in [7, 11) is 0. The number of hydroxylamine groups is 2. The van der Waals surface area contributed by atoms with Crippen molar-refractivity contribution in [2.75, 3.05) is 32.8 Å². The average molecular weight is 320 g/mol. The van der Waals surface area contributed by atoms with Crippen molar-refractivity contribution < 1.29 is 9.94 Å². The summed E-state index contributed by atoms with van der Waals surface area (Å²) >= 11 is 0. The zero-order chi connectivity index (χ0) is 16.5. The third-order valence-electron chi connectivity index (χ3n) is 4.42. The SMILES string of the molecule is CCCCN(CCC)CCCOc1ccc2c(c1)CCN(O)C2. The van der Waals surface area contributed by atoms with Gasteiger partial charge in [-0.2, -0.15) is 5.06 Å². The molecule has 23 heavy (non-hydrogen) atoms. The number of nitrogens with zero attached hydrogens (tertiary/aromatic N) is 2. The smallest absolute Gasteiger partial charge is 0.119 e. The van der Waals surface area contributed by atoms with Crippen molar-refractivity contribution in [2.24, 2.45) is 0 Å². The van der Waals surface area contributed by atoms with Crippen molar-refractivity contribution >= 4 is 0 Å². The highest BCUT2D eigenvalue weighted by molar-refractivity contribution is 5.36. The molecule has 0 atom stereocenters. The van der Waals surface area contributed by atoms with E-state index in [1.807, 2.05) is 6.07 Å². The van der Waals surface area contributed by atoms with E-state index in [0.29, 0.717) is 13.1 Å². The molecule has 0 bridgehead atoms. The van der Waals surface area contributed by atoms with Crippen LogP contribution in [-0.2, 0) is 13.0 Å². The maximum absolute atomic E-state index is 9.55. The van der Waals surface area contributed by atoms with Gasteiger partial charge in [-0.3, -0.25) is 0 Å². The molecule has 4 heteroatoms. The number of unbranched alkanes of at least 4 members (excludes halogenated alkanes) is 1. The van der Waals surface area contributed by atoms with Crippen LogP contribution in [0.25, 0.3) is 0 Å². The van der Waals surface area contributed by atoms with E-state index in [1.54, 1.807) is 0 Å². The molecule has 1 aliphatic rings. The summed E-state index contributed by atoms with van der Waals surface area (Å²) in [6.07, 6.45) is 5.73. The molecule has 1 aromatic carbocycles. The van der Waals surface area contributed by atoms with Crippen LogP contribution in [0.4, 0.5) is 0 Å². The lowest BCUT2D eigenvalue weighted by atomic mass is 10.0. The van der Waals surface area contributed by atoms with E-state index in [9.17, 15) is 5.21 Å². The Hall–Kier alpha value is -1.10. The molecular weight excluding hydrogens is 288 g/mol. The van der Waals surface area contributed by atoms with Crippen LogP contribution in [-0.4, -0.2) is 48.0 Å². The van der Waals surface area contributed by atoms with Crippen LogP contribution in [0.1, 0.15) is 50.7 Å². The van der Waals surface area contributed by atoms with Gasteiger partial charge in [0.25, 0.3) is 0 Å². The van der Waals surface area contributed by atoms with Gasteiger partial charge in [0.2, 0.25) is 0 Å². The van der Waals surface area contributed by atoms with Crippen LogP contribution in [0.5, 0.6) is 5.75 Å². The molecule has 0 saturated heterocycles. The van der Waals surface area contributed by atoms with E-state index in [0.717, 1.165) is 31.7 Å². The van der Waals surface area contributed by atoms with Crippen LogP contribution >= 0.6 is 0 Å². The quantitative estimate of drug-likeness (QED) is 0.667. The lowest BCUT2D eigenvalue weighted by molar-refractivity contribution is -0.103. The van der Waals surface area contributed by atoms with Crippen LogP contribution in [0.15, 0.2) is 18.2 Å². The third-order valence-corrected chi connectivity index (χ3v) is 4.42. The molecule has 130 valence electrons. The Labute approximate surface area is 141 Å². The molecule has 4 nitrogen and oxygen atoms in total. The molecule has 0 radical (unpaired) electrons. The molecule has 0 spiro atoms. The fourth-order valence-electron chi connectivity index (χ4n) is 3.12. The Morgan fingerprint density at radius 1 is 1.09 bits per heavy atom. The number of fused-ring (bicyclic) bond motifs is 1. The molecule has 1 N–H and O–H groups in total. The highest BCUT2D eigenvalue weighted by Crippen LogP contribution is 2.23. The van der Waals surface area contributed by atoms with Gasteiger partial charge in [0.05, 0.1) is 6.61 Å². The number of benzene rings is 1. The Morgan fingerprint density at radius 3 is 2.70 bits per heavy atom. The summed E-state index contributed by atoms with van der Waals surface area (Å²) in [5.41, 5.74) is 2.52. The zero-order valence-electron chi connectivity index (χ0n) is 14.8. The summed E-state index contributed by atoms with van der Waals surface area (Å²) in [5.74, 6) is 0.964. The molecular formula is C19H32N2O2. The molecule has 0 fully saturated rings. The first kappa shape index (κ1) is 18.2. The second-order valence-corrected chi connectivity index (χ2v) is 6.47. The summed E-state index contributed by atoms with van der Waals surface area (Å²) in [6.45, 7) is 10.1. The first-order chi connectivity index (χ1) is 11.2. The second kappa shape index (κ2) is 9.91. The van der Waals surface area contributed by atoms with E-state index in [2.05, 4.69) is 30.9 Å². The minimum absolute atomic E-state index is 0.624. The van der Waals surface area contributed by atoms with Gasteiger partial charge in [0.15, 0.2) is 0 Å². The minimum Gasteiger partial charge on any atom is -0.494 e. The average Bonchev–Trinajstić information content (AvgIpc) is 2.56. The first-order valence-corrected chi connectivity index (χ1v) is 9.13. The standard InChI is InChI=1S/C19H32N2O2/c1-3-5-11-20(10-4-2)12-6-14-23-19-8-7-18-16-21(22)13-9-17(18)15-19/h7-8,15,22H,3-6,9-14,16H2,1-2H3. The van der Waals surface area contributed by atoms with E-state index in [4.69, 9.17) is 4.74 Å². The van der Waals surface area contributed by atoms with Crippen molar-refractivity contribution in [1.29, 1.82) is 0 Å².